The van der Waals surface area contributed by atoms with Gasteiger partial charge in [0.2, 0.25) is 0 Å². The molecule has 0 radical (unpaired) electrons. The van der Waals surface area contributed by atoms with Gasteiger partial charge >= 0.3 is 5.97 Å². The quantitative estimate of drug-likeness (QED) is 0.283. The number of nitrogens with two attached hydrogens (primary N) is 1. The average Bonchev–Trinajstić information content (AvgIpc) is 2.30. The summed E-state index contributed by atoms with van der Waals surface area (Å²) in [7, 11) is 0. The number of nitro groups is 1. The van der Waals surface area contributed by atoms with Crippen LogP contribution >= 0.6 is 0 Å². The van der Waals surface area contributed by atoms with Crippen LogP contribution in [0.3, 0.4) is 0 Å². The van der Waals surface area contributed by atoms with Crippen molar-refractivity contribution in [2.45, 2.75) is 13.3 Å². The molecule has 0 saturated carbocycles. The maximum atomic E-state index is 11.1. The number of non-ortho nitro benzene ring substituents is 1. The number of nitro benzene ring substituents is 1. The van der Waals surface area contributed by atoms with Gasteiger partial charge in [0.1, 0.15) is 0 Å². The molecule has 0 aliphatic rings. The molecule has 0 unspecified atom stereocenters. The Morgan fingerprint density at radius 1 is 1.56 bits per heavy atom. The highest BCUT2D eigenvalue weighted by Crippen LogP contribution is 2.20. The van der Waals surface area contributed by atoms with Crippen LogP contribution in [0.25, 0.3) is 0 Å². The first-order valence-electron chi connectivity index (χ1n) is 5.27. The fourth-order valence-electron chi connectivity index (χ4n) is 1.30. The predicted octanol–water partition coefficient (Wildman–Crippen LogP) is 1.84. The topological polar surface area (TPSA) is 95.5 Å². The molecule has 0 aliphatic carbocycles. The van der Waals surface area contributed by atoms with E-state index in [9.17, 15) is 14.9 Å². The van der Waals surface area contributed by atoms with Crippen LogP contribution in [0.15, 0.2) is 30.4 Å². The Labute approximate surface area is 104 Å². The Kier molecular flexibility index (Phi) is 4.42. The number of anilines is 1. The molecule has 6 nitrogen and oxygen atoms in total. The van der Waals surface area contributed by atoms with E-state index in [4.69, 9.17) is 10.5 Å². The van der Waals surface area contributed by atoms with Crippen molar-refractivity contribution in [2.24, 2.45) is 0 Å². The molecular weight excluding hydrogens is 236 g/mol. The van der Waals surface area contributed by atoms with Crippen molar-refractivity contribution in [2.75, 3.05) is 12.3 Å². The van der Waals surface area contributed by atoms with Gasteiger partial charge in [0.05, 0.1) is 11.5 Å². The van der Waals surface area contributed by atoms with Crippen molar-refractivity contribution >= 4 is 17.3 Å². The molecule has 0 fully saturated rings. The molecule has 0 atom stereocenters. The summed E-state index contributed by atoms with van der Waals surface area (Å²) in [5.74, 6) is -0.487. The maximum absolute atomic E-state index is 11.1. The minimum Gasteiger partial charge on any atom is -0.462 e. The lowest BCUT2D eigenvalue weighted by Crippen LogP contribution is -2.09. The third-order valence-electron chi connectivity index (χ3n) is 2.29. The zero-order chi connectivity index (χ0) is 13.7. The van der Waals surface area contributed by atoms with E-state index in [1.54, 1.807) is 6.92 Å². The van der Waals surface area contributed by atoms with Crippen molar-refractivity contribution in [3.05, 3.63) is 46.0 Å². The molecule has 0 bridgehead atoms. The molecule has 1 aromatic carbocycles. The number of esters is 1. The van der Waals surface area contributed by atoms with Crippen LogP contribution in [0.5, 0.6) is 0 Å². The Balaban J connectivity index is 2.67. The second-order valence-electron chi connectivity index (χ2n) is 3.81. The first-order chi connectivity index (χ1) is 8.41. The molecule has 1 aromatic rings. The zero-order valence-electron chi connectivity index (χ0n) is 10.0. The summed E-state index contributed by atoms with van der Waals surface area (Å²) in [6.45, 7) is 5.10. The number of carbonyl (C=O) groups excluding carboxylic acids is 1. The largest absolute Gasteiger partial charge is 0.462 e. The van der Waals surface area contributed by atoms with Crippen LogP contribution in [0.4, 0.5) is 11.4 Å². The normalized spacial score (nSPS) is 9.83. The van der Waals surface area contributed by atoms with Gasteiger partial charge in [-0.05, 0) is 18.6 Å². The molecular formula is C12H14N2O4. The van der Waals surface area contributed by atoms with Crippen molar-refractivity contribution in [1.29, 1.82) is 0 Å². The summed E-state index contributed by atoms with van der Waals surface area (Å²) in [5.41, 5.74) is 6.98. The third kappa shape index (κ3) is 3.58. The lowest BCUT2D eigenvalue weighted by atomic mass is 10.1. The van der Waals surface area contributed by atoms with E-state index in [0.29, 0.717) is 23.2 Å². The lowest BCUT2D eigenvalue weighted by Gasteiger charge is -2.06. The van der Waals surface area contributed by atoms with Crippen molar-refractivity contribution < 1.29 is 14.5 Å². The Morgan fingerprint density at radius 3 is 2.78 bits per heavy atom. The monoisotopic (exact) mass is 250 g/mol. The van der Waals surface area contributed by atoms with Crippen molar-refractivity contribution in [3.8, 4) is 0 Å². The summed E-state index contributed by atoms with van der Waals surface area (Å²) in [6, 6.07) is 4.18. The first-order valence-corrected chi connectivity index (χ1v) is 5.27. The van der Waals surface area contributed by atoms with Gasteiger partial charge in [0, 0.05) is 29.8 Å². The third-order valence-corrected chi connectivity index (χ3v) is 2.29. The summed E-state index contributed by atoms with van der Waals surface area (Å²) >= 11 is 0. The molecule has 0 aromatic heterocycles. The van der Waals surface area contributed by atoms with Crippen LogP contribution in [0, 0.1) is 10.1 Å². The number of benzene rings is 1. The van der Waals surface area contributed by atoms with E-state index < -0.39 is 10.9 Å². The van der Waals surface area contributed by atoms with E-state index in [0.717, 1.165) is 0 Å². The number of carbonyl (C=O) groups is 1. The van der Waals surface area contributed by atoms with Gasteiger partial charge in [-0.25, -0.2) is 4.79 Å². The molecule has 0 spiro atoms. The van der Waals surface area contributed by atoms with Gasteiger partial charge < -0.3 is 10.5 Å². The van der Waals surface area contributed by atoms with E-state index in [1.807, 2.05) is 0 Å². The highest BCUT2D eigenvalue weighted by Gasteiger charge is 2.10. The van der Waals surface area contributed by atoms with Crippen molar-refractivity contribution in [3.63, 3.8) is 0 Å². The van der Waals surface area contributed by atoms with Gasteiger partial charge in [-0.1, -0.05) is 6.58 Å². The maximum Gasteiger partial charge on any atom is 0.333 e. The van der Waals surface area contributed by atoms with Crippen LogP contribution in [-0.4, -0.2) is 17.5 Å². The highest BCUT2D eigenvalue weighted by atomic mass is 16.6. The Bertz CT molecular complexity index is 497. The number of hydrogen-bond acceptors (Lipinski definition) is 5. The lowest BCUT2D eigenvalue weighted by molar-refractivity contribution is -0.384. The smallest absolute Gasteiger partial charge is 0.333 e. The number of nitrogens with zero attached hydrogens (tertiary/aromatic N) is 1. The fourth-order valence-corrected chi connectivity index (χ4v) is 1.30. The summed E-state index contributed by atoms with van der Waals surface area (Å²) in [5, 5.41) is 10.6. The van der Waals surface area contributed by atoms with Crippen LogP contribution in [0.2, 0.25) is 0 Å². The van der Waals surface area contributed by atoms with E-state index in [2.05, 4.69) is 6.58 Å². The minimum absolute atomic E-state index is 0.0366. The van der Waals surface area contributed by atoms with E-state index in [-0.39, 0.29) is 12.3 Å². The minimum atomic E-state index is -0.497. The number of hydrogen-bond donors (Lipinski definition) is 1. The summed E-state index contributed by atoms with van der Waals surface area (Å²) < 4.78 is 4.90. The average molecular weight is 250 g/mol. The van der Waals surface area contributed by atoms with Gasteiger partial charge in [0.25, 0.3) is 5.69 Å². The molecule has 1 rings (SSSR count). The Morgan fingerprint density at radius 2 is 2.22 bits per heavy atom. The zero-order valence-corrected chi connectivity index (χ0v) is 10.0. The molecule has 96 valence electrons. The van der Waals surface area contributed by atoms with E-state index in [1.165, 1.54) is 18.2 Å². The highest BCUT2D eigenvalue weighted by molar-refractivity contribution is 5.86. The number of ether oxygens (including phenoxy) is 1. The molecule has 0 amide bonds. The molecule has 0 heterocycles. The van der Waals surface area contributed by atoms with E-state index >= 15 is 0 Å². The van der Waals surface area contributed by atoms with Crippen molar-refractivity contribution in [1.82, 2.24) is 0 Å². The van der Waals surface area contributed by atoms with Gasteiger partial charge in [-0.2, -0.15) is 0 Å². The predicted molar refractivity (Wildman–Crippen MR) is 67.0 cm³/mol. The standard InChI is InChI=1S/C12H14N2O4/c1-8(2)12(15)18-6-5-9-7-10(14(16)17)3-4-11(9)13/h3-4,7H,1,5-6,13H2,2H3. The van der Waals surface area contributed by atoms with Crippen LogP contribution in [0.1, 0.15) is 12.5 Å². The molecule has 0 saturated heterocycles. The number of rotatable bonds is 5. The van der Waals surface area contributed by atoms with Gasteiger partial charge in [-0.15, -0.1) is 0 Å². The number of nitrogen functional groups attached to an aromatic ring is 1. The fraction of sp³-hybridized carbons (Fsp3) is 0.250. The van der Waals surface area contributed by atoms with Gasteiger partial charge in [-0.3, -0.25) is 10.1 Å². The summed E-state index contributed by atoms with van der Waals surface area (Å²) in [4.78, 5) is 21.2. The van der Waals surface area contributed by atoms with Gasteiger partial charge in [0.15, 0.2) is 0 Å². The second kappa shape index (κ2) is 5.81. The first kappa shape index (κ1) is 13.7. The second-order valence-corrected chi connectivity index (χ2v) is 3.81. The molecule has 6 heteroatoms. The molecule has 2 N–H and O–H groups in total. The SMILES string of the molecule is C=C(C)C(=O)OCCc1cc([N+](=O)[O-])ccc1N. The summed E-state index contributed by atoms with van der Waals surface area (Å²) in [6.07, 6.45) is 0.326. The Hall–Kier alpha value is -2.37. The molecule has 18 heavy (non-hydrogen) atoms. The molecule has 0 aliphatic heterocycles. The van der Waals surface area contributed by atoms with Crippen LogP contribution < -0.4 is 5.73 Å². The van der Waals surface area contributed by atoms with Crippen LogP contribution in [-0.2, 0) is 16.0 Å².